The zero-order valence-corrected chi connectivity index (χ0v) is 12.6. The highest BCUT2D eigenvalue weighted by Crippen LogP contribution is 2.29. The SMILES string of the molecule is CCCc1ccc(C2(C)NC(=O)N(CCCO)C2=O)cc1. The highest BCUT2D eigenvalue weighted by Gasteiger charge is 2.48. The second-order valence-electron chi connectivity index (χ2n) is 5.54. The summed E-state index contributed by atoms with van der Waals surface area (Å²) in [5.74, 6) is -0.260. The number of nitrogens with zero attached hydrogens (tertiary/aromatic N) is 1. The van der Waals surface area contributed by atoms with Gasteiger partial charge < -0.3 is 10.4 Å². The molecule has 0 saturated carbocycles. The predicted molar refractivity (Wildman–Crippen MR) is 79.7 cm³/mol. The highest BCUT2D eigenvalue weighted by atomic mass is 16.3. The third-order valence-electron chi connectivity index (χ3n) is 3.88. The number of carbonyl (C=O) groups excluding carboxylic acids is 2. The monoisotopic (exact) mass is 290 g/mol. The van der Waals surface area contributed by atoms with Crippen molar-refractivity contribution in [2.75, 3.05) is 13.2 Å². The third kappa shape index (κ3) is 2.93. The summed E-state index contributed by atoms with van der Waals surface area (Å²) in [5.41, 5.74) is 0.989. The van der Waals surface area contributed by atoms with E-state index in [4.69, 9.17) is 5.11 Å². The van der Waals surface area contributed by atoms with Gasteiger partial charge in [0, 0.05) is 13.2 Å². The molecule has 1 aromatic carbocycles. The van der Waals surface area contributed by atoms with Gasteiger partial charge in [-0.15, -0.1) is 0 Å². The number of aryl methyl sites for hydroxylation is 1. The van der Waals surface area contributed by atoms with E-state index < -0.39 is 11.6 Å². The zero-order valence-electron chi connectivity index (χ0n) is 12.6. The largest absolute Gasteiger partial charge is 0.396 e. The van der Waals surface area contributed by atoms with Crippen molar-refractivity contribution < 1.29 is 14.7 Å². The Hall–Kier alpha value is -1.88. The molecule has 0 bridgehead atoms. The molecular formula is C16H22N2O3. The van der Waals surface area contributed by atoms with Crippen LogP contribution in [0.5, 0.6) is 0 Å². The number of urea groups is 1. The van der Waals surface area contributed by atoms with Gasteiger partial charge in [0.1, 0.15) is 5.54 Å². The average Bonchev–Trinajstić information content (AvgIpc) is 2.69. The maximum Gasteiger partial charge on any atom is 0.325 e. The van der Waals surface area contributed by atoms with Crippen LogP contribution in [0.2, 0.25) is 0 Å². The van der Waals surface area contributed by atoms with Gasteiger partial charge in [-0.1, -0.05) is 37.6 Å². The lowest BCUT2D eigenvalue weighted by Gasteiger charge is -2.22. The Morgan fingerprint density at radius 2 is 1.90 bits per heavy atom. The molecule has 114 valence electrons. The molecular weight excluding hydrogens is 268 g/mol. The van der Waals surface area contributed by atoms with E-state index in [0.29, 0.717) is 6.42 Å². The second-order valence-corrected chi connectivity index (χ2v) is 5.54. The van der Waals surface area contributed by atoms with Crippen LogP contribution in [0.4, 0.5) is 4.79 Å². The summed E-state index contributed by atoms with van der Waals surface area (Å²) in [7, 11) is 0. The smallest absolute Gasteiger partial charge is 0.325 e. The van der Waals surface area contributed by atoms with E-state index in [1.807, 2.05) is 24.3 Å². The molecule has 0 aliphatic carbocycles. The van der Waals surface area contributed by atoms with Gasteiger partial charge in [-0.2, -0.15) is 0 Å². The molecule has 1 saturated heterocycles. The van der Waals surface area contributed by atoms with Crippen molar-refractivity contribution in [2.45, 2.75) is 38.6 Å². The number of nitrogens with one attached hydrogen (secondary N) is 1. The van der Waals surface area contributed by atoms with E-state index in [9.17, 15) is 9.59 Å². The lowest BCUT2D eigenvalue weighted by atomic mass is 9.91. The molecule has 1 aliphatic heterocycles. The molecule has 1 heterocycles. The van der Waals surface area contributed by atoms with Gasteiger partial charge in [0.15, 0.2) is 0 Å². The number of hydrogen-bond donors (Lipinski definition) is 2. The summed E-state index contributed by atoms with van der Waals surface area (Å²) in [6.45, 7) is 4.04. The van der Waals surface area contributed by atoms with Gasteiger partial charge in [0.05, 0.1) is 0 Å². The topological polar surface area (TPSA) is 69.6 Å². The fourth-order valence-electron chi connectivity index (χ4n) is 2.62. The Morgan fingerprint density at radius 3 is 2.48 bits per heavy atom. The Labute approximate surface area is 125 Å². The molecule has 2 N–H and O–H groups in total. The van der Waals surface area contributed by atoms with Gasteiger partial charge in [-0.05, 0) is 30.9 Å². The Bertz CT molecular complexity index is 527. The maximum absolute atomic E-state index is 12.5. The first kappa shape index (κ1) is 15.5. The molecule has 5 heteroatoms. The highest BCUT2D eigenvalue weighted by molar-refractivity contribution is 6.07. The molecule has 0 radical (unpaired) electrons. The number of hydrogen-bond acceptors (Lipinski definition) is 3. The standard InChI is InChI=1S/C16H22N2O3/c1-3-5-12-6-8-13(9-7-12)16(2)14(20)18(10-4-11-19)15(21)17-16/h6-9,19H,3-5,10-11H2,1-2H3,(H,17,21). The third-order valence-corrected chi connectivity index (χ3v) is 3.88. The molecule has 0 spiro atoms. The fourth-order valence-corrected chi connectivity index (χ4v) is 2.62. The quantitative estimate of drug-likeness (QED) is 0.785. The summed E-state index contributed by atoms with van der Waals surface area (Å²) in [6, 6.07) is 7.41. The number of benzene rings is 1. The lowest BCUT2D eigenvalue weighted by Crippen LogP contribution is -2.41. The number of aliphatic hydroxyl groups excluding tert-OH is 1. The molecule has 1 aliphatic rings. The first-order chi connectivity index (χ1) is 10.0. The number of carbonyl (C=O) groups is 2. The van der Waals surface area contributed by atoms with Crippen LogP contribution in [0.25, 0.3) is 0 Å². The number of imide groups is 1. The van der Waals surface area contributed by atoms with Gasteiger partial charge in [0.2, 0.25) is 0 Å². The van der Waals surface area contributed by atoms with E-state index in [1.54, 1.807) is 6.92 Å². The van der Waals surface area contributed by atoms with Crippen LogP contribution in [0.1, 0.15) is 37.8 Å². The Morgan fingerprint density at radius 1 is 1.24 bits per heavy atom. The fraction of sp³-hybridized carbons (Fsp3) is 0.500. The molecule has 1 unspecified atom stereocenters. The minimum Gasteiger partial charge on any atom is -0.396 e. The van der Waals surface area contributed by atoms with E-state index >= 15 is 0 Å². The number of amides is 3. The van der Waals surface area contributed by atoms with E-state index in [1.165, 1.54) is 10.5 Å². The number of aliphatic hydroxyl groups is 1. The van der Waals surface area contributed by atoms with Crippen molar-refractivity contribution in [3.8, 4) is 0 Å². The van der Waals surface area contributed by atoms with Crippen molar-refractivity contribution in [3.63, 3.8) is 0 Å². The van der Waals surface area contributed by atoms with Crippen LogP contribution in [0.3, 0.4) is 0 Å². The van der Waals surface area contributed by atoms with E-state index in [0.717, 1.165) is 18.4 Å². The first-order valence-electron chi connectivity index (χ1n) is 7.37. The maximum atomic E-state index is 12.5. The van der Waals surface area contributed by atoms with Crippen molar-refractivity contribution >= 4 is 11.9 Å². The normalized spacial score (nSPS) is 21.8. The van der Waals surface area contributed by atoms with Crippen LogP contribution in [-0.2, 0) is 16.8 Å². The molecule has 3 amide bonds. The summed E-state index contributed by atoms with van der Waals surface area (Å²) in [5, 5.41) is 11.6. The van der Waals surface area contributed by atoms with E-state index in [-0.39, 0.29) is 19.1 Å². The Balaban J connectivity index is 2.21. The Kier molecular flexibility index (Phi) is 4.63. The van der Waals surface area contributed by atoms with Crippen LogP contribution >= 0.6 is 0 Å². The minimum atomic E-state index is -1.02. The van der Waals surface area contributed by atoms with Crippen LogP contribution < -0.4 is 5.32 Å². The van der Waals surface area contributed by atoms with Crippen molar-refractivity contribution in [3.05, 3.63) is 35.4 Å². The molecule has 5 nitrogen and oxygen atoms in total. The van der Waals surface area contributed by atoms with Crippen LogP contribution in [-0.4, -0.2) is 35.1 Å². The van der Waals surface area contributed by atoms with Crippen LogP contribution in [0, 0.1) is 0 Å². The summed E-state index contributed by atoms with van der Waals surface area (Å²) >= 11 is 0. The summed E-state index contributed by atoms with van der Waals surface area (Å²) in [4.78, 5) is 25.7. The lowest BCUT2D eigenvalue weighted by molar-refractivity contribution is -0.131. The van der Waals surface area contributed by atoms with Crippen molar-refractivity contribution in [2.24, 2.45) is 0 Å². The van der Waals surface area contributed by atoms with Gasteiger partial charge in [0.25, 0.3) is 5.91 Å². The number of rotatable bonds is 6. The van der Waals surface area contributed by atoms with Crippen molar-refractivity contribution in [1.29, 1.82) is 0 Å². The molecule has 21 heavy (non-hydrogen) atoms. The second kappa shape index (κ2) is 6.26. The van der Waals surface area contributed by atoms with Gasteiger partial charge in [-0.25, -0.2) is 4.79 Å². The zero-order chi connectivity index (χ0) is 15.5. The van der Waals surface area contributed by atoms with Crippen LogP contribution in [0.15, 0.2) is 24.3 Å². The summed E-state index contributed by atoms with van der Waals surface area (Å²) < 4.78 is 0. The molecule has 1 atom stereocenters. The molecule has 1 aromatic rings. The van der Waals surface area contributed by atoms with Crippen molar-refractivity contribution in [1.82, 2.24) is 10.2 Å². The summed E-state index contributed by atoms with van der Waals surface area (Å²) in [6.07, 6.45) is 2.46. The molecule has 0 aromatic heterocycles. The predicted octanol–water partition coefficient (Wildman–Crippen LogP) is 1.79. The first-order valence-corrected chi connectivity index (χ1v) is 7.37. The van der Waals surface area contributed by atoms with E-state index in [2.05, 4.69) is 12.2 Å². The average molecular weight is 290 g/mol. The van der Waals surface area contributed by atoms with Gasteiger partial charge >= 0.3 is 6.03 Å². The molecule has 1 fully saturated rings. The molecule has 2 rings (SSSR count). The minimum absolute atomic E-state index is 0.0422. The van der Waals surface area contributed by atoms with Gasteiger partial charge in [-0.3, -0.25) is 9.69 Å².